The Kier molecular flexibility index (Phi) is 5.86. The topological polar surface area (TPSA) is 73.6 Å². The summed E-state index contributed by atoms with van der Waals surface area (Å²) >= 11 is 0. The van der Waals surface area contributed by atoms with E-state index in [9.17, 15) is 0 Å². The molecule has 0 atom stereocenters. The Morgan fingerprint density at radius 2 is 1.86 bits per heavy atom. The number of imidazole rings is 1. The van der Waals surface area contributed by atoms with Crippen molar-refractivity contribution in [1.82, 2.24) is 19.4 Å². The molecule has 0 spiro atoms. The maximum atomic E-state index is 5.84. The number of nitrogens with one attached hydrogen (secondary N) is 1. The molecule has 176 valence electrons. The molecule has 0 amide bonds. The van der Waals surface area contributed by atoms with Crippen molar-refractivity contribution in [3.05, 3.63) is 85.1 Å². The molecule has 0 saturated heterocycles. The van der Waals surface area contributed by atoms with Crippen LogP contribution in [0.2, 0.25) is 0 Å². The fourth-order valence-corrected chi connectivity index (χ4v) is 4.66. The summed E-state index contributed by atoms with van der Waals surface area (Å²) in [6.45, 7) is 1.27. The lowest BCUT2D eigenvalue weighted by molar-refractivity contribution is -0.0322. The quantitative estimate of drug-likeness (QED) is 0.301. The minimum atomic E-state index is 0.285. The lowest BCUT2D eigenvalue weighted by atomic mass is 9.81. The number of pyridine rings is 1. The minimum Gasteiger partial charge on any atom is -0.382 e. The first-order valence-electron chi connectivity index (χ1n) is 11.9. The van der Waals surface area contributed by atoms with E-state index in [0.29, 0.717) is 19.1 Å². The molecule has 0 unspecified atom stereocenters. The summed E-state index contributed by atoms with van der Waals surface area (Å²) in [6.07, 6.45) is 7.94. The van der Waals surface area contributed by atoms with Crippen molar-refractivity contribution in [3.63, 3.8) is 0 Å². The number of rotatable bonds is 8. The molecule has 1 saturated carbocycles. The van der Waals surface area contributed by atoms with Gasteiger partial charge in [0.25, 0.3) is 0 Å². The standard InChI is InChI=1S/C28H27N5O2/c1-34-13-14-35-23-15-21(16-23)28-30-18-26-27(29-11-12-33(26)28)31-22-9-7-20-8-10-24(32-25(20)17-22)19-5-3-2-4-6-19/h2-12,17-18,21,23H,13-16H2,1H3,(H,29,31). The monoisotopic (exact) mass is 465 g/mol. The van der Waals surface area contributed by atoms with Crippen LogP contribution in [0.4, 0.5) is 11.5 Å². The van der Waals surface area contributed by atoms with E-state index in [2.05, 4.69) is 57.2 Å². The first-order chi connectivity index (χ1) is 17.3. The predicted molar refractivity (Wildman–Crippen MR) is 137 cm³/mol. The Labute approximate surface area is 203 Å². The van der Waals surface area contributed by atoms with E-state index in [4.69, 9.17) is 19.4 Å². The number of fused-ring (bicyclic) bond motifs is 2. The molecule has 35 heavy (non-hydrogen) atoms. The maximum absolute atomic E-state index is 5.84. The molecular formula is C28H27N5O2. The third-order valence-electron chi connectivity index (χ3n) is 6.61. The molecule has 6 rings (SSSR count). The van der Waals surface area contributed by atoms with Gasteiger partial charge in [0.2, 0.25) is 0 Å². The van der Waals surface area contributed by atoms with Crippen LogP contribution >= 0.6 is 0 Å². The van der Waals surface area contributed by atoms with Crippen molar-refractivity contribution >= 4 is 27.9 Å². The highest BCUT2D eigenvalue weighted by atomic mass is 16.5. The summed E-state index contributed by atoms with van der Waals surface area (Å²) < 4.78 is 13.0. The fourth-order valence-electron chi connectivity index (χ4n) is 4.66. The molecule has 1 aliphatic rings. The Morgan fingerprint density at radius 3 is 2.71 bits per heavy atom. The van der Waals surface area contributed by atoms with E-state index in [0.717, 1.165) is 57.8 Å². The van der Waals surface area contributed by atoms with Crippen molar-refractivity contribution < 1.29 is 9.47 Å². The predicted octanol–water partition coefficient (Wildman–Crippen LogP) is 5.60. The van der Waals surface area contributed by atoms with Crippen LogP contribution in [-0.4, -0.2) is 45.8 Å². The fraction of sp³-hybridized carbons (Fsp3) is 0.250. The van der Waals surface area contributed by atoms with Gasteiger partial charge in [-0.05, 0) is 31.0 Å². The van der Waals surface area contributed by atoms with Crippen molar-refractivity contribution in [2.24, 2.45) is 0 Å². The third kappa shape index (κ3) is 4.36. The smallest absolute Gasteiger partial charge is 0.156 e. The molecule has 7 heteroatoms. The highest BCUT2D eigenvalue weighted by Gasteiger charge is 2.34. The Balaban J connectivity index is 1.23. The van der Waals surface area contributed by atoms with Crippen LogP contribution in [0.5, 0.6) is 0 Å². The van der Waals surface area contributed by atoms with Crippen LogP contribution in [-0.2, 0) is 9.47 Å². The van der Waals surface area contributed by atoms with E-state index < -0.39 is 0 Å². The molecule has 5 aromatic rings. The second-order valence-corrected chi connectivity index (χ2v) is 8.90. The first-order valence-corrected chi connectivity index (χ1v) is 11.9. The zero-order valence-electron chi connectivity index (χ0n) is 19.6. The molecule has 1 N–H and O–H groups in total. The van der Waals surface area contributed by atoms with Gasteiger partial charge in [-0.1, -0.05) is 42.5 Å². The number of hydrogen-bond donors (Lipinski definition) is 1. The number of benzene rings is 2. The van der Waals surface area contributed by atoms with E-state index in [1.165, 1.54) is 0 Å². The molecular weight excluding hydrogens is 438 g/mol. The van der Waals surface area contributed by atoms with Gasteiger partial charge < -0.3 is 14.8 Å². The van der Waals surface area contributed by atoms with Gasteiger partial charge in [-0.25, -0.2) is 15.0 Å². The average molecular weight is 466 g/mol. The van der Waals surface area contributed by atoms with Gasteiger partial charge in [-0.3, -0.25) is 4.40 Å². The molecule has 3 heterocycles. The van der Waals surface area contributed by atoms with Crippen molar-refractivity contribution in [2.75, 3.05) is 25.6 Å². The van der Waals surface area contributed by atoms with Crippen LogP contribution in [0.1, 0.15) is 24.6 Å². The molecule has 0 radical (unpaired) electrons. The first kappa shape index (κ1) is 21.7. The SMILES string of the molecule is COCCOC1CC(c2ncc3c(Nc4ccc5ccc(-c6ccccc6)nc5c4)nccn23)C1. The second kappa shape index (κ2) is 9.44. The van der Waals surface area contributed by atoms with E-state index >= 15 is 0 Å². The molecule has 1 aliphatic carbocycles. The van der Waals surface area contributed by atoms with Gasteiger partial charge >= 0.3 is 0 Å². The van der Waals surface area contributed by atoms with Gasteiger partial charge in [0.15, 0.2) is 5.82 Å². The minimum absolute atomic E-state index is 0.285. The van der Waals surface area contributed by atoms with Gasteiger partial charge in [-0.2, -0.15) is 0 Å². The van der Waals surface area contributed by atoms with Crippen LogP contribution in [0.3, 0.4) is 0 Å². The highest BCUT2D eigenvalue weighted by molar-refractivity contribution is 5.86. The lowest BCUT2D eigenvalue weighted by Gasteiger charge is -2.34. The van der Waals surface area contributed by atoms with Gasteiger partial charge in [-0.15, -0.1) is 0 Å². The highest BCUT2D eigenvalue weighted by Crippen LogP contribution is 2.38. The average Bonchev–Trinajstić information content (AvgIpc) is 3.30. The summed E-state index contributed by atoms with van der Waals surface area (Å²) in [5.74, 6) is 2.23. The number of methoxy groups -OCH3 is 1. The van der Waals surface area contributed by atoms with E-state index in [-0.39, 0.29) is 6.10 Å². The molecule has 2 aromatic carbocycles. The van der Waals surface area contributed by atoms with Gasteiger partial charge in [0.1, 0.15) is 11.3 Å². The van der Waals surface area contributed by atoms with E-state index in [1.54, 1.807) is 7.11 Å². The third-order valence-corrected chi connectivity index (χ3v) is 6.61. The van der Waals surface area contributed by atoms with Crippen LogP contribution in [0.25, 0.3) is 27.7 Å². The summed E-state index contributed by atoms with van der Waals surface area (Å²) in [5, 5.41) is 4.58. The summed E-state index contributed by atoms with van der Waals surface area (Å²) in [6, 6.07) is 20.6. The van der Waals surface area contributed by atoms with Crippen molar-refractivity contribution in [3.8, 4) is 11.3 Å². The number of aromatic nitrogens is 4. The van der Waals surface area contributed by atoms with Crippen LogP contribution < -0.4 is 5.32 Å². The Bertz CT molecular complexity index is 1460. The number of hydrogen-bond acceptors (Lipinski definition) is 6. The van der Waals surface area contributed by atoms with Crippen molar-refractivity contribution in [1.29, 1.82) is 0 Å². The van der Waals surface area contributed by atoms with Crippen LogP contribution in [0.15, 0.2) is 79.3 Å². The number of ether oxygens (including phenoxy) is 2. The Morgan fingerprint density at radius 1 is 1.00 bits per heavy atom. The molecule has 3 aromatic heterocycles. The number of anilines is 2. The second-order valence-electron chi connectivity index (χ2n) is 8.90. The molecule has 7 nitrogen and oxygen atoms in total. The molecule has 0 bridgehead atoms. The van der Waals surface area contributed by atoms with Gasteiger partial charge in [0, 0.05) is 42.1 Å². The van der Waals surface area contributed by atoms with Crippen LogP contribution in [0, 0.1) is 0 Å². The normalized spacial score (nSPS) is 17.5. The van der Waals surface area contributed by atoms with Gasteiger partial charge in [0.05, 0.1) is 36.7 Å². The Hall–Kier alpha value is -3.81. The van der Waals surface area contributed by atoms with E-state index in [1.807, 2.05) is 36.8 Å². The molecule has 0 aliphatic heterocycles. The summed E-state index contributed by atoms with van der Waals surface area (Å²) in [4.78, 5) is 14.2. The zero-order valence-corrected chi connectivity index (χ0v) is 19.6. The van der Waals surface area contributed by atoms with Crippen molar-refractivity contribution in [2.45, 2.75) is 24.9 Å². The maximum Gasteiger partial charge on any atom is 0.156 e. The molecule has 1 fully saturated rings. The summed E-state index contributed by atoms with van der Waals surface area (Å²) in [5.41, 5.74) is 4.90. The lowest BCUT2D eigenvalue weighted by Crippen LogP contribution is -2.31. The number of nitrogens with zero attached hydrogens (tertiary/aromatic N) is 4. The zero-order chi connectivity index (χ0) is 23.6. The largest absolute Gasteiger partial charge is 0.382 e. The summed E-state index contributed by atoms with van der Waals surface area (Å²) in [7, 11) is 1.69.